The molecule has 21 heavy (non-hydrogen) atoms. The van der Waals surface area contributed by atoms with Crippen LogP contribution in [0, 0.1) is 5.92 Å². The molecule has 1 fully saturated rings. The molecule has 1 aliphatic rings. The number of methoxy groups -OCH3 is 1. The van der Waals surface area contributed by atoms with Gasteiger partial charge in [0.1, 0.15) is 5.75 Å². The van der Waals surface area contributed by atoms with E-state index in [-0.39, 0.29) is 0 Å². The first-order valence-electron chi connectivity index (χ1n) is 8.72. The maximum atomic E-state index is 5.29. The van der Waals surface area contributed by atoms with Crippen LogP contribution >= 0.6 is 0 Å². The summed E-state index contributed by atoms with van der Waals surface area (Å²) in [6.07, 6.45) is 11.0. The average molecular weight is 289 g/mol. The van der Waals surface area contributed by atoms with Crippen molar-refractivity contribution in [3.8, 4) is 5.75 Å². The summed E-state index contributed by atoms with van der Waals surface area (Å²) in [6, 6.07) is 9.18. The molecule has 0 spiro atoms. The number of hydrogen-bond donors (Lipinski definition) is 1. The lowest BCUT2D eigenvalue weighted by atomic mass is 9.83. The minimum absolute atomic E-state index is 0.508. The SMILES string of the molecule is CCCNC(c1ccc(OC)cc1)C1CCCCCCC1. The maximum absolute atomic E-state index is 5.29. The van der Waals surface area contributed by atoms with Gasteiger partial charge in [0.25, 0.3) is 0 Å². The Morgan fingerprint density at radius 1 is 1.05 bits per heavy atom. The van der Waals surface area contributed by atoms with Crippen LogP contribution in [0.3, 0.4) is 0 Å². The van der Waals surface area contributed by atoms with Gasteiger partial charge in [0.05, 0.1) is 7.11 Å². The predicted molar refractivity (Wildman–Crippen MR) is 89.8 cm³/mol. The topological polar surface area (TPSA) is 21.3 Å². The number of hydrogen-bond acceptors (Lipinski definition) is 2. The third kappa shape index (κ3) is 5.03. The van der Waals surface area contributed by atoms with E-state index in [0.717, 1.165) is 18.2 Å². The lowest BCUT2D eigenvalue weighted by molar-refractivity contribution is 0.288. The summed E-state index contributed by atoms with van der Waals surface area (Å²) >= 11 is 0. The van der Waals surface area contributed by atoms with Crippen molar-refractivity contribution in [2.45, 2.75) is 64.3 Å². The van der Waals surface area contributed by atoms with E-state index in [1.807, 2.05) is 0 Å². The Morgan fingerprint density at radius 3 is 2.24 bits per heavy atom. The van der Waals surface area contributed by atoms with Gasteiger partial charge in [-0.1, -0.05) is 51.2 Å². The van der Waals surface area contributed by atoms with Gasteiger partial charge in [-0.15, -0.1) is 0 Å². The molecular weight excluding hydrogens is 258 g/mol. The summed E-state index contributed by atoms with van der Waals surface area (Å²) in [7, 11) is 1.73. The van der Waals surface area contributed by atoms with Crippen LogP contribution in [0.1, 0.15) is 69.9 Å². The van der Waals surface area contributed by atoms with E-state index < -0.39 is 0 Å². The molecule has 0 saturated heterocycles. The first-order chi connectivity index (χ1) is 10.3. The predicted octanol–water partition coefficient (Wildman–Crippen LogP) is 5.10. The van der Waals surface area contributed by atoms with Gasteiger partial charge in [0.15, 0.2) is 0 Å². The zero-order valence-electron chi connectivity index (χ0n) is 13.7. The van der Waals surface area contributed by atoms with Crippen LogP contribution in [-0.4, -0.2) is 13.7 Å². The highest BCUT2D eigenvalue weighted by Gasteiger charge is 2.23. The van der Waals surface area contributed by atoms with E-state index in [2.05, 4.69) is 36.5 Å². The molecule has 0 aromatic heterocycles. The van der Waals surface area contributed by atoms with Gasteiger partial charge in [-0.25, -0.2) is 0 Å². The second-order valence-corrected chi connectivity index (χ2v) is 6.31. The smallest absolute Gasteiger partial charge is 0.118 e. The fourth-order valence-corrected chi connectivity index (χ4v) is 3.49. The molecular formula is C19H31NO. The molecule has 0 aliphatic heterocycles. The van der Waals surface area contributed by atoms with E-state index in [4.69, 9.17) is 4.74 Å². The van der Waals surface area contributed by atoms with Gasteiger partial charge < -0.3 is 10.1 Å². The van der Waals surface area contributed by atoms with Crippen molar-refractivity contribution in [3.63, 3.8) is 0 Å². The third-order valence-corrected chi connectivity index (χ3v) is 4.71. The van der Waals surface area contributed by atoms with Crippen molar-refractivity contribution in [3.05, 3.63) is 29.8 Å². The normalized spacial score (nSPS) is 18.8. The Kier molecular flexibility index (Phi) is 7.08. The van der Waals surface area contributed by atoms with Gasteiger partial charge in [0.2, 0.25) is 0 Å². The van der Waals surface area contributed by atoms with Gasteiger partial charge in [-0.05, 0) is 49.4 Å². The molecule has 1 unspecified atom stereocenters. The Balaban J connectivity index is 2.10. The van der Waals surface area contributed by atoms with Crippen LogP contribution in [0.4, 0.5) is 0 Å². The summed E-state index contributed by atoms with van der Waals surface area (Å²) in [6.45, 7) is 3.35. The molecule has 0 bridgehead atoms. The molecule has 0 amide bonds. The van der Waals surface area contributed by atoms with E-state index in [9.17, 15) is 0 Å². The van der Waals surface area contributed by atoms with Crippen LogP contribution in [0.5, 0.6) is 5.75 Å². The lowest BCUT2D eigenvalue weighted by Gasteiger charge is -2.30. The number of ether oxygens (including phenoxy) is 1. The number of rotatable bonds is 6. The summed E-state index contributed by atoms with van der Waals surface area (Å²) in [5.41, 5.74) is 1.43. The Morgan fingerprint density at radius 2 is 1.67 bits per heavy atom. The molecule has 2 heteroatoms. The fraction of sp³-hybridized carbons (Fsp3) is 0.684. The third-order valence-electron chi connectivity index (χ3n) is 4.71. The minimum atomic E-state index is 0.508. The molecule has 1 aromatic rings. The molecule has 1 atom stereocenters. The van der Waals surface area contributed by atoms with Crippen molar-refractivity contribution >= 4 is 0 Å². The van der Waals surface area contributed by atoms with Crippen molar-refractivity contribution < 1.29 is 4.74 Å². The van der Waals surface area contributed by atoms with Crippen molar-refractivity contribution in [2.75, 3.05) is 13.7 Å². The molecule has 2 nitrogen and oxygen atoms in total. The monoisotopic (exact) mass is 289 g/mol. The zero-order valence-corrected chi connectivity index (χ0v) is 13.7. The lowest BCUT2D eigenvalue weighted by Crippen LogP contribution is -2.29. The van der Waals surface area contributed by atoms with Gasteiger partial charge >= 0.3 is 0 Å². The van der Waals surface area contributed by atoms with E-state index in [1.54, 1.807) is 7.11 Å². The average Bonchev–Trinajstić information content (AvgIpc) is 2.49. The molecule has 1 aromatic carbocycles. The fourth-order valence-electron chi connectivity index (χ4n) is 3.49. The van der Waals surface area contributed by atoms with Crippen LogP contribution in [0.2, 0.25) is 0 Å². The number of nitrogens with one attached hydrogen (secondary N) is 1. The summed E-state index contributed by atoms with van der Waals surface area (Å²) in [5, 5.41) is 3.80. The Bertz CT molecular complexity index is 379. The Hall–Kier alpha value is -1.02. The zero-order chi connectivity index (χ0) is 14.9. The molecule has 1 aliphatic carbocycles. The quantitative estimate of drug-likeness (QED) is 0.787. The maximum Gasteiger partial charge on any atom is 0.118 e. The molecule has 0 radical (unpaired) electrons. The number of benzene rings is 1. The minimum Gasteiger partial charge on any atom is -0.497 e. The van der Waals surface area contributed by atoms with E-state index in [1.165, 1.54) is 56.9 Å². The van der Waals surface area contributed by atoms with Crippen LogP contribution in [-0.2, 0) is 0 Å². The Labute approximate surface area is 130 Å². The summed E-state index contributed by atoms with van der Waals surface area (Å²) < 4.78 is 5.29. The second kappa shape index (κ2) is 9.09. The van der Waals surface area contributed by atoms with Crippen molar-refractivity contribution in [1.82, 2.24) is 5.32 Å². The van der Waals surface area contributed by atoms with Gasteiger partial charge in [0, 0.05) is 6.04 Å². The highest BCUT2D eigenvalue weighted by Crippen LogP contribution is 2.33. The summed E-state index contributed by atoms with van der Waals surface area (Å²) in [5.74, 6) is 1.73. The molecule has 1 N–H and O–H groups in total. The van der Waals surface area contributed by atoms with Crippen LogP contribution in [0.15, 0.2) is 24.3 Å². The largest absolute Gasteiger partial charge is 0.497 e. The van der Waals surface area contributed by atoms with Crippen molar-refractivity contribution in [1.29, 1.82) is 0 Å². The molecule has 118 valence electrons. The van der Waals surface area contributed by atoms with E-state index in [0.29, 0.717) is 6.04 Å². The first kappa shape index (κ1) is 16.4. The van der Waals surface area contributed by atoms with Crippen molar-refractivity contribution in [2.24, 2.45) is 5.92 Å². The van der Waals surface area contributed by atoms with Gasteiger partial charge in [-0.2, -0.15) is 0 Å². The molecule has 1 saturated carbocycles. The summed E-state index contributed by atoms with van der Waals surface area (Å²) in [4.78, 5) is 0. The van der Waals surface area contributed by atoms with Crippen LogP contribution < -0.4 is 10.1 Å². The standard InChI is InChI=1S/C19H31NO/c1-3-15-20-19(16-9-7-5-4-6-8-10-16)17-11-13-18(21-2)14-12-17/h11-14,16,19-20H,3-10,15H2,1-2H3. The molecule has 2 rings (SSSR count). The van der Waals surface area contributed by atoms with Crippen LogP contribution in [0.25, 0.3) is 0 Å². The first-order valence-corrected chi connectivity index (χ1v) is 8.72. The highest BCUT2D eigenvalue weighted by atomic mass is 16.5. The van der Waals surface area contributed by atoms with Gasteiger partial charge in [-0.3, -0.25) is 0 Å². The van der Waals surface area contributed by atoms with E-state index >= 15 is 0 Å². The molecule has 0 heterocycles. The highest BCUT2D eigenvalue weighted by molar-refractivity contribution is 5.29. The second-order valence-electron chi connectivity index (χ2n) is 6.31.